The lowest BCUT2D eigenvalue weighted by molar-refractivity contribution is 0.571. The molecule has 96 valence electrons. The van der Waals surface area contributed by atoms with Gasteiger partial charge in [-0.3, -0.25) is 4.98 Å². The van der Waals surface area contributed by atoms with Crippen molar-refractivity contribution in [1.82, 2.24) is 4.98 Å². The van der Waals surface area contributed by atoms with E-state index in [9.17, 15) is 0 Å². The first-order valence-electron chi connectivity index (χ1n) is 6.07. The van der Waals surface area contributed by atoms with Crippen LogP contribution in [0.4, 0.5) is 5.69 Å². The second kappa shape index (κ2) is 4.43. The van der Waals surface area contributed by atoms with Crippen molar-refractivity contribution in [2.24, 2.45) is 0 Å². The molecule has 0 fully saturated rings. The van der Waals surface area contributed by atoms with Gasteiger partial charge >= 0.3 is 0 Å². The van der Waals surface area contributed by atoms with Crippen LogP contribution in [0.1, 0.15) is 26.5 Å². The number of hydrogen-bond acceptors (Lipinski definition) is 2. The molecule has 18 heavy (non-hydrogen) atoms. The molecule has 0 radical (unpaired) electrons. The zero-order valence-corrected chi connectivity index (χ0v) is 12.3. The van der Waals surface area contributed by atoms with Crippen LogP contribution in [0.3, 0.4) is 0 Å². The van der Waals surface area contributed by atoms with Gasteiger partial charge in [-0.05, 0) is 24.3 Å². The van der Waals surface area contributed by atoms with Crippen molar-refractivity contribution in [1.29, 1.82) is 0 Å². The molecule has 0 aliphatic carbocycles. The van der Waals surface area contributed by atoms with Crippen molar-refractivity contribution in [3.63, 3.8) is 0 Å². The summed E-state index contributed by atoms with van der Waals surface area (Å²) in [6, 6.07) is 8.16. The zero-order valence-electron chi connectivity index (χ0n) is 11.6. The molecule has 0 spiro atoms. The minimum Gasteiger partial charge on any atom is -0.378 e. The molecule has 3 heteroatoms. The third-order valence-electron chi connectivity index (χ3n) is 3.03. The molecule has 0 unspecified atom stereocenters. The molecule has 0 aliphatic rings. The van der Waals surface area contributed by atoms with Crippen LogP contribution >= 0.6 is 11.6 Å². The summed E-state index contributed by atoms with van der Waals surface area (Å²) in [5.74, 6) is 0. The Morgan fingerprint density at radius 2 is 1.78 bits per heavy atom. The standard InChI is InChI=1S/C15H19ClN2/c1-15(2,3)14-9-12(16)11-8-10(18(4)5)6-7-13(11)17-14/h6-9H,1-5H3. The lowest BCUT2D eigenvalue weighted by Gasteiger charge is -2.19. The lowest BCUT2D eigenvalue weighted by Crippen LogP contribution is -2.13. The van der Waals surface area contributed by atoms with Gasteiger partial charge in [0.05, 0.1) is 10.5 Å². The molecule has 0 atom stereocenters. The Balaban J connectivity index is 2.66. The van der Waals surface area contributed by atoms with Crippen molar-refractivity contribution in [3.8, 4) is 0 Å². The van der Waals surface area contributed by atoms with Crippen LogP contribution in [0, 0.1) is 0 Å². The molecule has 1 heterocycles. The van der Waals surface area contributed by atoms with E-state index < -0.39 is 0 Å². The summed E-state index contributed by atoms with van der Waals surface area (Å²) >= 11 is 6.39. The predicted octanol–water partition coefficient (Wildman–Crippen LogP) is 4.25. The van der Waals surface area contributed by atoms with E-state index >= 15 is 0 Å². The van der Waals surface area contributed by atoms with Gasteiger partial charge in [0.2, 0.25) is 0 Å². The first kappa shape index (κ1) is 13.2. The Bertz CT molecular complexity index is 583. The van der Waals surface area contributed by atoms with Crippen LogP contribution < -0.4 is 4.90 Å². The third kappa shape index (κ3) is 2.44. The van der Waals surface area contributed by atoms with Crippen molar-refractivity contribution >= 4 is 28.2 Å². The number of benzene rings is 1. The van der Waals surface area contributed by atoms with Crippen LogP contribution in [0.2, 0.25) is 5.02 Å². The summed E-state index contributed by atoms with van der Waals surface area (Å²) < 4.78 is 0. The molecule has 1 aromatic carbocycles. The molecular weight excluding hydrogens is 244 g/mol. The molecule has 0 bridgehead atoms. The minimum absolute atomic E-state index is 0.0120. The maximum absolute atomic E-state index is 6.39. The second-order valence-electron chi connectivity index (χ2n) is 5.84. The van der Waals surface area contributed by atoms with E-state index in [1.54, 1.807) is 0 Å². The summed E-state index contributed by atoms with van der Waals surface area (Å²) in [6.45, 7) is 6.43. The average molecular weight is 263 g/mol. The number of rotatable bonds is 1. The van der Waals surface area contributed by atoms with Gasteiger partial charge in [-0.15, -0.1) is 0 Å². The Morgan fingerprint density at radius 3 is 2.33 bits per heavy atom. The van der Waals surface area contributed by atoms with E-state index in [1.165, 1.54) is 0 Å². The Kier molecular flexibility index (Phi) is 3.24. The van der Waals surface area contributed by atoms with Crippen molar-refractivity contribution < 1.29 is 0 Å². The quantitative estimate of drug-likeness (QED) is 0.764. The maximum Gasteiger partial charge on any atom is 0.0722 e. The van der Waals surface area contributed by atoms with Gasteiger partial charge in [-0.2, -0.15) is 0 Å². The molecule has 0 aliphatic heterocycles. The van der Waals surface area contributed by atoms with Gasteiger partial charge < -0.3 is 4.90 Å². The first-order valence-corrected chi connectivity index (χ1v) is 6.45. The molecule has 2 aromatic rings. The molecule has 1 aromatic heterocycles. The number of nitrogens with zero attached hydrogens (tertiary/aromatic N) is 2. The van der Waals surface area contributed by atoms with Crippen LogP contribution in [-0.4, -0.2) is 19.1 Å². The number of fused-ring (bicyclic) bond motifs is 1. The molecule has 2 rings (SSSR count). The van der Waals surface area contributed by atoms with E-state index in [-0.39, 0.29) is 5.41 Å². The minimum atomic E-state index is 0.0120. The van der Waals surface area contributed by atoms with Gasteiger partial charge in [0.15, 0.2) is 0 Å². The molecule has 0 saturated heterocycles. The fraction of sp³-hybridized carbons (Fsp3) is 0.400. The zero-order chi connectivity index (χ0) is 13.5. The van der Waals surface area contributed by atoms with E-state index in [4.69, 9.17) is 16.6 Å². The summed E-state index contributed by atoms with van der Waals surface area (Å²) in [5.41, 5.74) is 3.13. The van der Waals surface area contributed by atoms with Gasteiger partial charge in [0.1, 0.15) is 0 Å². The second-order valence-corrected chi connectivity index (χ2v) is 6.24. The number of pyridine rings is 1. The first-order chi connectivity index (χ1) is 8.29. The van der Waals surface area contributed by atoms with Crippen LogP contribution in [0.15, 0.2) is 24.3 Å². The van der Waals surface area contributed by atoms with Crippen molar-refractivity contribution in [2.75, 3.05) is 19.0 Å². The fourth-order valence-electron chi connectivity index (χ4n) is 1.84. The molecule has 0 saturated carbocycles. The third-order valence-corrected chi connectivity index (χ3v) is 3.34. The summed E-state index contributed by atoms with van der Waals surface area (Å²) in [4.78, 5) is 6.77. The Labute approximate surface area is 114 Å². The lowest BCUT2D eigenvalue weighted by atomic mass is 9.91. The molecule has 0 amide bonds. The number of anilines is 1. The highest BCUT2D eigenvalue weighted by molar-refractivity contribution is 6.35. The van der Waals surface area contributed by atoms with Gasteiger partial charge in [0.25, 0.3) is 0 Å². The highest BCUT2D eigenvalue weighted by atomic mass is 35.5. The Hall–Kier alpha value is -1.28. The average Bonchev–Trinajstić information content (AvgIpc) is 2.27. The summed E-state index contributed by atoms with van der Waals surface area (Å²) in [7, 11) is 4.04. The molecule has 2 nitrogen and oxygen atoms in total. The van der Waals surface area contributed by atoms with Crippen LogP contribution in [-0.2, 0) is 5.41 Å². The SMILES string of the molecule is CN(C)c1ccc2nc(C(C)(C)C)cc(Cl)c2c1. The maximum atomic E-state index is 6.39. The fourth-order valence-corrected chi connectivity index (χ4v) is 2.09. The van der Waals surface area contributed by atoms with Crippen molar-refractivity contribution in [3.05, 3.63) is 35.0 Å². The normalized spacial score (nSPS) is 11.9. The van der Waals surface area contributed by atoms with E-state index in [2.05, 4.69) is 37.8 Å². The van der Waals surface area contributed by atoms with Gasteiger partial charge in [-0.25, -0.2) is 0 Å². The smallest absolute Gasteiger partial charge is 0.0722 e. The van der Waals surface area contributed by atoms with Gasteiger partial charge in [0, 0.05) is 36.3 Å². The number of aromatic nitrogens is 1. The Morgan fingerprint density at radius 1 is 1.11 bits per heavy atom. The monoisotopic (exact) mass is 262 g/mol. The summed E-state index contributed by atoms with van der Waals surface area (Å²) in [6.07, 6.45) is 0. The summed E-state index contributed by atoms with van der Waals surface area (Å²) in [5, 5.41) is 1.78. The molecular formula is C15H19ClN2. The topological polar surface area (TPSA) is 16.1 Å². The van der Waals surface area contributed by atoms with E-state index in [1.807, 2.05) is 26.2 Å². The molecule has 0 N–H and O–H groups in total. The number of halogens is 1. The highest BCUT2D eigenvalue weighted by Gasteiger charge is 2.17. The van der Waals surface area contributed by atoms with E-state index in [0.717, 1.165) is 27.3 Å². The number of hydrogen-bond donors (Lipinski definition) is 0. The predicted molar refractivity (Wildman–Crippen MR) is 79.8 cm³/mol. The largest absolute Gasteiger partial charge is 0.378 e. The highest BCUT2D eigenvalue weighted by Crippen LogP contribution is 2.30. The van der Waals surface area contributed by atoms with Crippen LogP contribution in [0.25, 0.3) is 10.9 Å². The van der Waals surface area contributed by atoms with Crippen molar-refractivity contribution in [2.45, 2.75) is 26.2 Å². The van der Waals surface area contributed by atoms with Gasteiger partial charge in [-0.1, -0.05) is 32.4 Å². The van der Waals surface area contributed by atoms with Crippen LogP contribution in [0.5, 0.6) is 0 Å². The van der Waals surface area contributed by atoms with E-state index in [0.29, 0.717) is 0 Å².